The third kappa shape index (κ3) is 50.2. The van der Waals surface area contributed by atoms with Crippen LogP contribution < -0.4 is 0 Å². The number of hydrogen-bond acceptors (Lipinski definition) is 6. The summed E-state index contributed by atoms with van der Waals surface area (Å²) in [6, 6.07) is 0. The van der Waals surface area contributed by atoms with Gasteiger partial charge in [-0.1, -0.05) is 223 Å². The molecule has 0 unspecified atom stereocenters. The molecule has 0 aromatic carbocycles. The zero-order chi connectivity index (χ0) is 45.8. The van der Waals surface area contributed by atoms with Gasteiger partial charge in [0.2, 0.25) is 0 Å². The standard InChI is InChI=1S/C57H102O6/c1-4-7-10-13-16-19-22-25-28-31-34-37-40-43-46-49-55(58)61-52-54(63-57(60)51-48-45-42-39-36-33-30-27-24-21-18-15-12-9-6-3)53-62-56(59)50-47-44-41-38-35-32-29-26-23-20-17-14-11-8-5-2/h16-17,19-20,25-26,28-29,54H,4-15,18,21-24,27,30-53H2,1-3H3/b19-16-,20-17-,28-25-,29-26-. The Kier molecular flexibility index (Phi) is 49.8. The van der Waals surface area contributed by atoms with Gasteiger partial charge in [0, 0.05) is 19.3 Å². The van der Waals surface area contributed by atoms with Crippen LogP contribution in [0.2, 0.25) is 0 Å². The molecule has 0 spiro atoms. The number of carbonyl (C=O) groups excluding carboxylic acids is 3. The van der Waals surface area contributed by atoms with Crippen LogP contribution >= 0.6 is 0 Å². The molecule has 0 fully saturated rings. The maximum atomic E-state index is 12.8. The number of esters is 3. The molecule has 0 saturated heterocycles. The second-order valence-electron chi connectivity index (χ2n) is 18.1. The Balaban J connectivity index is 4.40. The summed E-state index contributed by atoms with van der Waals surface area (Å²) >= 11 is 0. The number of allylic oxidation sites excluding steroid dienone is 8. The summed E-state index contributed by atoms with van der Waals surface area (Å²) < 4.78 is 16.8. The summed E-state index contributed by atoms with van der Waals surface area (Å²) in [6.07, 6.45) is 62.3. The Morgan fingerprint density at radius 2 is 0.571 bits per heavy atom. The zero-order valence-corrected chi connectivity index (χ0v) is 41.8. The van der Waals surface area contributed by atoms with Crippen LogP contribution in [0, 0.1) is 0 Å². The minimum absolute atomic E-state index is 0.0827. The lowest BCUT2D eigenvalue weighted by atomic mass is 10.0. The summed E-state index contributed by atoms with van der Waals surface area (Å²) in [6.45, 7) is 6.58. The average Bonchev–Trinajstić information content (AvgIpc) is 3.28. The third-order valence-electron chi connectivity index (χ3n) is 11.8. The van der Waals surface area contributed by atoms with E-state index in [0.717, 1.165) is 96.3 Å². The first-order valence-electron chi connectivity index (χ1n) is 27.1. The van der Waals surface area contributed by atoms with E-state index in [1.807, 2.05) is 0 Å². The first-order chi connectivity index (χ1) is 31.0. The van der Waals surface area contributed by atoms with E-state index in [-0.39, 0.29) is 31.1 Å². The Morgan fingerprint density at radius 3 is 0.905 bits per heavy atom. The third-order valence-corrected chi connectivity index (χ3v) is 11.8. The molecule has 0 atom stereocenters. The Morgan fingerprint density at radius 1 is 0.317 bits per heavy atom. The molecule has 366 valence electrons. The van der Waals surface area contributed by atoms with Crippen molar-refractivity contribution in [2.24, 2.45) is 0 Å². The fourth-order valence-electron chi connectivity index (χ4n) is 7.68. The van der Waals surface area contributed by atoms with Crippen LogP contribution in [-0.2, 0) is 28.6 Å². The molecule has 0 bridgehead atoms. The maximum Gasteiger partial charge on any atom is 0.306 e. The van der Waals surface area contributed by atoms with Gasteiger partial charge in [0.1, 0.15) is 13.2 Å². The van der Waals surface area contributed by atoms with Crippen LogP contribution in [0.25, 0.3) is 0 Å². The van der Waals surface area contributed by atoms with Crippen molar-refractivity contribution in [3.63, 3.8) is 0 Å². The molecule has 0 radical (unpaired) electrons. The lowest BCUT2D eigenvalue weighted by molar-refractivity contribution is -0.167. The van der Waals surface area contributed by atoms with Crippen molar-refractivity contribution in [3.05, 3.63) is 48.6 Å². The second kappa shape index (κ2) is 52.0. The molecule has 0 aromatic rings. The Hall–Kier alpha value is -2.63. The lowest BCUT2D eigenvalue weighted by Gasteiger charge is -2.18. The highest BCUT2D eigenvalue weighted by molar-refractivity contribution is 5.71. The fraction of sp³-hybridized carbons (Fsp3) is 0.807. The van der Waals surface area contributed by atoms with E-state index in [9.17, 15) is 14.4 Å². The predicted molar refractivity (Wildman–Crippen MR) is 270 cm³/mol. The van der Waals surface area contributed by atoms with E-state index in [2.05, 4.69) is 69.4 Å². The fourth-order valence-corrected chi connectivity index (χ4v) is 7.68. The van der Waals surface area contributed by atoms with Gasteiger partial charge in [-0.25, -0.2) is 0 Å². The second-order valence-corrected chi connectivity index (χ2v) is 18.1. The number of carbonyl (C=O) groups is 3. The Labute approximate surface area is 390 Å². The smallest absolute Gasteiger partial charge is 0.306 e. The van der Waals surface area contributed by atoms with Gasteiger partial charge in [-0.05, 0) is 83.5 Å². The molecule has 0 rings (SSSR count). The average molecular weight is 883 g/mol. The summed E-state index contributed by atoms with van der Waals surface area (Å²) in [4.78, 5) is 38.0. The normalized spacial score (nSPS) is 11.9. The minimum atomic E-state index is -0.782. The molecule has 0 N–H and O–H groups in total. The molecule has 0 aliphatic rings. The SMILES string of the molecule is CCCCC/C=C\C/C=C\CCCCCCCC(=O)OCC(COC(=O)CCCCCCC/C=C\C/C=C\CCCCC)OC(=O)CCCCCCCCCCCCCCCCC. The van der Waals surface area contributed by atoms with E-state index < -0.39 is 6.10 Å². The van der Waals surface area contributed by atoms with Gasteiger partial charge in [-0.15, -0.1) is 0 Å². The molecule has 0 amide bonds. The maximum absolute atomic E-state index is 12.8. The van der Waals surface area contributed by atoms with Crippen LogP contribution in [-0.4, -0.2) is 37.2 Å². The summed E-state index contributed by atoms with van der Waals surface area (Å²) in [5, 5.41) is 0. The van der Waals surface area contributed by atoms with Crippen molar-refractivity contribution in [1.29, 1.82) is 0 Å². The molecule has 6 heteroatoms. The van der Waals surface area contributed by atoms with Crippen LogP contribution in [0.4, 0.5) is 0 Å². The summed E-state index contributed by atoms with van der Waals surface area (Å²) in [5.74, 6) is -0.898. The van der Waals surface area contributed by atoms with Crippen molar-refractivity contribution < 1.29 is 28.6 Å². The number of rotatable bonds is 49. The van der Waals surface area contributed by atoms with Crippen molar-refractivity contribution in [1.82, 2.24) is 0 Å². The van der Waals surface area contributed by atoms with Gasteiger partial charge in [0.15, 0.2) is 6.10 Å². The molecule has 0 saturated carbocycles. The Bertz CT molecular complexity index is 1040. The van der Waals surface area contributed by atoms with Crippen molar-refractivity contribution >= 4 is 17.9 Å². The molecule has 0 aliphatic carbocycles. The van der Waals surface area contributed by atoms with Crippen LogP contribution in [0.3, 0.4) is 0 Å². The van der Waals surface area contributed by atoms with E-state index in [1.165, 1.54) is 141 Å². The highest BCUT2D eigenvalue weighted by atomic mass is 16.6. The first kappa shape index (κ1) is 60.4. The zero-order valence-electron chi connectivity index (χ0n) is 41.8. The number of hydrogen-bond donors (Lipinski definition) is 0. The highest BCUT2D eigenvalue weighted by Crippen LogP contribution is 2.15. The van der Waals surface area contributed by atoms with Gasteiger partial charge >= 0.3 is 17.9 Å². The summed E-state index contributed by atoms with van der Waals surface area (Å²) in [7, 11) is 0. The van der Waals surface area contributed by atoms with Crippen molar-refractivity contribution in [2.45, 2.75) is 284 Å². The number of ether oxygens (including phenoxy) is 3. The van der Waals surface area contributed by atoms with Gasteiger partial charge in [-0.3, -0.25) is 14.4 Å². The van der Waals surface area contributed by atoms with Crippen LogP contribution in [0.15, 0.2) is 48.6 Å². The molecule has 6 nitrogen and oxygen atoms in total. The van der Waals surface area contributed by atoms with Crippen molar-refractivity contribution in [3.8, 4) is 0 Å². The van der Waals surface area contributed by atoms with Gasteiger partial charge in [-0.2, -0.15) is 0 Å². The predicted octanol–water partition coefficient (Wildman–Crippen LogP) is 17.9. The minimum Gasteiger partial charge on any atom is -0.462 e. The van der Waals surface area contributed by atoms with Crippen LogP contribution in [0.1, 0.15) is 278 Å². The molecule has 0 aliphatic heterocycles. The highest BCUT2D eigenvalue weighted by Gasteiger charge is 2.19. The molecule has 0 aromatic heterocycles. The van der Waals surface area contributed by atoms with E-state index in [1.54, 1.807) is 0 Å². The van der Waals surface area contributed by atoms with Gasteiger partial charge in [0.05, 0.1) is 0 Å². The molecule has 0 heterocycles. The van der Waals surface area contributed by atoms with Gasteiger partial charge < -0.3 is 14.2 Å². The topological polar surface area (TPSA) is 78.9 Å². The first-order valence-corrected chi connectivity index (χ1v) is 27.1. The van der Waals surface area contributed by atoms with Crippen molar-refractivity contribution in [2.75, 3.05) is 13.2 Å². The largest absolute Gasteiger partial charge is 0.462 e. The summed E-state index contributed by atoms with van der Waals surface area (Å²) in [5.41, 5.74) is 0. The van der Waals surface area contributed by atoms with E-state index in [0.29, 0.717) is 19.3 Å². The van der Waals surface area contributed by atoms with E-state index >= 15 is 0 Å². The quantitative estimate of drug-likeness (QED) is 0.0262. The monoisotopic (exact) mass is 883 g/mol. The van der Waals surface area contributed by atoms with Gasteiger partial charge in [0.25, 0.3) is 0 Å². The molecular formula is C57H102O6. The van der Waals surface area contributed by atoms with Crippen LogP contribution in [0.5, 0.6) is 0 Å². The molecular weight excluding hydrogens is 781 g/mol. The molecule has 63 heavy (non-hydrogen) atoms. The number of unbranched alkanes of at least 4 members (excludes halogenated alkanes) is 30. The lowest BCUT2D eigenvalue weighted by Crippen LogP contribution is -2.30. The van der Waals surface area contributed by atoms with E-state index in [4.69, 9.17) is 14.2 Å².